The van der Waals surface area contributed by atoms with Crippen LogP contribution in [0, 0.1) is 5.92 Å². The van der Waals surface area contributed by atoms with E-state index in [9.17, 15) is 9.59 Å². The smallest absolute Gasteiger partial charge is 0.274 e. The number of benzene rings is 1. The molecule has 0 saturated carbocycles. The fourth-order valence-corrected chi connectivity index (χ4v) is 4.75. The molecular formula is C25H26ClN7O3. The molecule has 1 aliphatic heterocycles. The van der Waals surface area contributed by atoms with Crippen molar-refractivity contribution in [2.24, 2.45) is 13.0 Å². The zero-order valence-electron chi connectivity index (χ0n) is 20.0. The Morgan fingerprint density at radius 3 is 2.78 bits per heavy atom. The number of carbonyl (C=O) groups is 2. The zero-order chi connectivity index (χ0) is 25.2. The Kier molecular flexibility index (Phi) is 6.60. The summed E-state index contributed by atoms with van der Waals surface area (Å²) in [7, 11) is 3.41. The first-order valence-corrected chi connectivity index (χ1v) is 12.1. The minimum absolute atomic E-state index is 0.0137. The molecule has 1 aromatic carbocycles. The summed E-state index contributed by atoms with van der Waals surface area (Å²) < 4.78 is 6.98. The molecular weight excluding hydrogens is 482 g/mol. The maximum absolute atomic E-state index is 13.0. The molecule has 186 valence electrons. The number of likely N-dealkylation sites (tertiary alicyclic amines) is 1. The number of halogens is 1. The van der Waals surface area contributed by atoms with Crippen molar-refractivity contribution in [1.82, 2.24) is 35.2 Å². The molecule has 0 unspecified atom stereocenters. The summed E-state index contributed by atoms with van der Waals surface area (Å²) in [6.07, 6.45) is 2.67. The van der Waals surface area contributed by atoms with Crippen molar-refractivity contribution in [3.8, 4) is 17.1 Å². The SMILES string of the molecule is COc1cc(-c2cc(C(=O)N3CCC(C(=O)NCc4nn(C)c5ccccc45)CC3)n[nH]2)c(Cl)cn1. The fourth-order valence-electron chi connectivity index (χ4n) is 4.55. The van der Waals surface area contributed by atoms with Gasteiger partial charge in [0.05, 0.1) is 41.8 Å². The predicted octanol–water partition coefficient (Wildman–Crippen LogP) is 3.19. The Balaban J connectivity index is 1.17. The number of para-hydroxylation sites is 1. The van der Waals surface area contributed by atoms with Crippen LogP contribution in [0.4, 0.5) is 0 Å². The number of nitrogens with zero attached hydrogens (tertiary/aromatic N) is 5. The van der Waals surface area contributed by atoms with Gasteiger partial charge >= 0.3 is 0 Å². The van der Waals surface area contributed by atoms with Crippen molar-refractivity contribution in [1.29, 1.82) is 0 Å². The van der Waals surface area contributed by atoms with Crippen LogP contribution in [-0.2, 0) is 18.4 Å². The second-order valence-corrected chi connectivity index (χ2v) is 9.15. The van der Waals surface area contributed by atoms with Gasteiger partial charge in [-0.1, -0.05) is 29.8 Å². The Hall–Kier alpha value is -3.92. The van der Waals surface area contributed by atoms with Crippen LogP contribution in [0.3, 0.4) is 0 Å². The van der Waals surface area contributed by atoms with E-state index in [-0.39, 0.29) is 17.7 Å². The molecule has 0 spiro atoms. The first-order chi connectivity index (χ1) is 17.4. The van der Waals surface area contributed by atoms with Gasteiger partial charge in [0.1, 0.15) is 0 Å². The number of hydrogen-bond acceptors (Lipinski definition) is 6. The molecule has 3 aromatic heterocycles. The van der Waals surface area contributed by atoms with E-state index in [2.05, 4.69) is 25.6 Å². The summed E-state index contributed by atoms with van der Waals surface area (Å²) in [5.74, 6) is 0.0592. The van der Waals surface area contributed by atoms with Crippen LogP contribution in [-0.4, -0.2) is 61.9 Å². The van der Waals surface area contributed by atoms with Crippen LogP contribution in [0.2, 0.25) is 5.02 Å². The van der Waals surface area contributed by atoms with Crippen molar-refractivity contribution < 1.29 is 14.3 Å². The summed E-state index contributed by atoms with van der Waals surface area (Å²) in [6.45, 7) is 1.34. The van der Waals surface area contributed by atoms with Gasteiger partial charge in [-0.05, 0) is 25.0 Å². The number of rotatable bonds is 6. The van der Waals surface area contributed by atoms with E-state index in [1.165, 1.54) is 13.3 Å². The van der Waals surface area contributed by atoms with Crippen LogP contribution in [0.5, 0.6) is 5.88 Å². The number of ether oxygens (including phenoxy) is 1. The van der Waals surface area contributed by atoms with Crippen LogP contribution in [0.25, 0.3) is 22.2 Å². The van der Waals surface area contributed by atoms with Gasteiger partial charge in [0.25, 0.3) is 5.91 Å². The molecule has 4 heterocycles. The Morgan fingerprint density at radius 1 is 1.22 bits per heavy atom. The van der Waals surface area contributed by atoms with Crippen LogP contribution in [0.15, 0.2) is 42.6 Å². The van der Waals surface area contributed by atoms with Crippen molar-refractivity contribution >= 4 is 34.3 Å². The number of hydrogen-bond donors (Lipinski definition) is 2. The van der Waals surface area contributed by atoms with E-state index >= 15 is 0 Å². The van der Waals surface area contributed by atoms with Gasteiger partial charge in [0.2, 0.25) is 11.8 Å². The fraction of sp³-hybridized carbons (Fsp3) is 0.320. The highest BCUT2D eigenvalue weighted by Crippen LogP contribution is 2.29. The number of fused-ring (bicyclic) bond motifs is 1. The third-order valence-electron chi connectivity index (χ3n) is 6.54. The van der Waals surface area contributed by atoms with Gasteiger partial charge in [0, 0.05) is 43.1 Å². The van der Waals surface area contributed by atoms with E-state index in [4.69, 9.17) is 16.3 Å². The summed E-state index contributed by atoms with van der Waals surface area (Å²) in [4.78, 5) is 31.6. The first kappa shape index (κ1) is 23.8. The third kappa shape index (κ3) is 4.64. The number of H-pyrrole nitrogens is 1. The normalized spacial score (nSPS) is 14.2. The van der Waals surface area contributed by atoms with Gasteiger partial charge in [-0.15, -0.1) is 0 Å². The summed E-state index contributed by atoms with van der Waals surface area (Å²) in [5, 5.41) is 16.1. The van der Waals surface area contributed by atoms with Gasteiger partial charge in [0.15, 0.2) is 5.69 Å². The van der Waals surface area contributed by atoms with Crippen LogP contribution >= 0.6 is 11.6 Å². The average Bonchev–Trinajstić information content (AvgIpc) is 3.52. The molecule has 36 heavy (non-hydrogen) atoms. The lowest BCUT2D eigenvalue weighted by molar-refractivity contribution is -0.126. The van der Waals surface area contributed by atoms with E-state index in [0.717, 1.165) is 16.6 Å². The summed E-state index contributed by atoms with van der Waals surface area (Å²) >= 11 is 6.26. The summed E-state index contributed by atoms with van der Waals surface area (Å²) in [5.41, 5.74) is 3.41. The highest BCUT2D eigenvalue weighted by atomic mass is 35.5. The minimum atomic E-state index is -0.187. The molecule has 0 bridgehead atoms. The standard InChI is InChI=1S/C25H26ClN7O3/c1-32-22-6-4-3-5-16(22)21(31-32)14-28-24(34)15-7-9-33(10-8-15)25(35)20-12-19(29-30-20)17-11-23(36-2)27-13-18(17)26/h3-6,11-13,15H,7-10,14H2,1-2H3,(H,28,34)(H,29,30). The lowest BCUT2D eigenvalue weighted by Gasteiger charge is -2.30. The minimum Gasteiger partial charge on any atom is -0.481 e. The number of amides is 2. The quantitative estimate of drug-likeness (QED) is 0.414. The molecule has 0 radical (unpaired) electrons. The topological polar surface area (TPSA) is 118 Å². The second kappa shape index (κ2) is 9.98. The highest BCUT2D eigenvalue weighted by Gasteiger charge is 2.29. The maximum atomic E-state index is 13.0. The predicted molar refractivity (Wildman–Crippen MR) is 135 cm³/mol. The number of aromatic nitrogens is 5. The molecule has 2 N–H and O–H groups in total. The lowest BCUT2D eigenvalue weighted by atomic mass is 9.95. The van der Waals surface area contributed by atoms with Gasteiger partial charge in [-0.25, -0.2) is 4.98 Å². The van der Waals surface area contributed by atoms with Gasteiger partial charge < -0.3 is 15.0 Å². The average molecular weight is 508 g/mol. The number of aryl methyl sites for hydroxylation is 1. The molecule has 11 heteroatoms. The number of piperidine rings is 1. The van der Waals surface area contributed by atoms with Gasteiger partial charge in [-0.2, -0.15) is 10.2 Å². The number of pyridine rings is 1. The Morgan fingerprint density at radius 2 is 2.00 bits per heavy atom. The highest BCUT2D eigenvalue weighted by molar-refractivity contribution is 6.33. The molecule has 10 nitrogen and oxygen atoms in total. The van der Waals surface area contributed by atoms with E-state index < -0.39 is 0 Å². The van der Waals surface area contributed by atoms with E-state index in [1.807, 2.05) is 36.0 Å². The van der Waals surface area contributed by atoms with E-state index in [0.29, 0.717) is 60.3 Å². The Labute approximate surface area is 212 Å². The van der Waals surface area contributed by atoms with Crippen molar-refractivity contribution in [2.45, 2.75) is 19.4 Å². The molecule has 1 fully saturated rings. The molecule has 4 aromatic rings. The third-order valence-corrected chi connectivity index (χ3v) is 6.85. The molecule has 5 rings (SSSR count). The molecule has 0 aliphatic carbocycles. The van der Waals surface area contributed by atoms with Crippen molar-refractivity contribution in [3.63, 3.8) is 0 Å². The van der Waals surface area contributed by atoms with Crippen molar-refractivity contribution in [3.05, 3.63) is 59.0 Å². The number of carbonyl (C=O) groups excluding carboxylic acids is 2. The summed E-state index contributed by atoms with van der Waals surface area (Å²) in [6, 6.07) is 11.3. The zero-order valence-corrected chi connectivity index (χ0v) is 20.7. The first-order valence-electron chi connectivity index (χ1n) is 11.7. The number of nitrogens with one attached hydrogen (secondary N) is 2. The largest absolute Gasteiger partial charge is 0.481 e. The van der Waals surface area contributed by atoms with Crippen LogP contribution in [0.1, 0.15) is 29.0 Å². The monoisotopic (exact) mass is 507 g/mol. The van der Waals surface area contributed by atoms with E-state index in [1.54, 1.807) is 17.0 Å². The molecule has 0 atom stereocenters. The molecule has 1 saturated heterocycles. The molecule has 2 amide bonds. The van der Waals surface area contributed by atoms with Gasteiger partial charge in [-0.3, -0.25) is 19.4 Å². The van der Waals surface area contributed by atoms with Crippen LogP contribution < -0.4 is 10.1 Å². The second-order valence-electron chi connectivity index (χ2n) is 8.75. The molecule has 1 aliphatic rings. The number of aromatic amines is 1. The lowest BCUT2D eigenvalue weighted by Crippen LogP contribution is -2.43. The maximum Gasteiger partial charge on any atom is 0.274 e. The van der Waals surface area contributed by atoms with Crippen molar-refractivity contribution in [2.75, 3.05) is 20.2 Å². The Bertz CT molecular complexity index is 1420. The number of methoxy groups -OCH3 is 1.